The van der Waals surface area contributed by atoms with Gasteiger partial charge in [-0.05, 0) is 192 Å². The summed E-state index contributed by atoms with van der Waals surface area (Å²) in [5, 5.41) is 14.6. The molecule has 2 atom stereocenters. The molecule has 2 aliphatic heterocycles. The second-order valence-electron chi connectivity index (χ2n) is 30.7. The molecule has 2 spiro atoms. The van der Waals surface area contributed by atoms with E-state index in [0.29, 0.717) is 34.8 Å². The zero-order chi connectivity index (χ0) is 63.1. The summed E-state index contributed by atoms with van der Waals surface area (Å²) in [5.41, 5.74) is 3.90. The van der Waals surface area contributed by atoms with Crippen LogP contribution in [0.15, 0.2) is 58.5 Å². The van der Waals surface area contributed by atoms with Crippen LogP contribution in [0.25, 0.3) is 0 Å². The molecule has 0 bridgehead atoms. The third-order valence-electron chi connectivity index (χ3n) is 18.1. The number of ether oxygens (including phenoxy) is 1. The van der Waals surface area contributed by atoms with Gasteiger partial charge in [-0.1, -0.05) is 107 Å². The molecule has 3 N–H and O–H groups in total. The lowest BCUT2D eigenvalue weighted by Crippen LogP contribution is -2.51. The molecule has 2 heterocycles. The predicted octanol–water partition coefficient (Wildman–Crippen LogP) is 15.4. The molecule has 4 amide bonds. The minimum absolute atomic E-state index is 0.0891. The monoisotopic (exact) mass is 1210 g/mol. The van der Waals surface area contributed by atoms with E-state index < -0.39 is 22.9 Å². The number of aliphatic imine (C=N–C) groups is 2. The molecule has 0 aromatic heterocycles. The van der Waals surface area contributed by atoms with Crippen LogP contribution in [0.3, 0.4) is 0 Å². The summed E-state index contributed by atoms with van der Waals surface area (Å²) in [7, 11) is 0. The number of alkyl halides is 2. The average Bonchev–Trinajstić information content (AvgIpc) is 3.51. The molecule has 85 heavy (non-hydrogen) atoms. The van der Waals surface area contributed by atoms with Crippen LogP contribution >= 0.6 is 23.2 Å². The van der Waals surface area contributed by atoms with Crippen LogP contribution in [-0.2, 0) is 23.9 Å². The van der Waals surface area contributed by atoms with Crippen LogP contribution in [0.2, 0.25) is 0 Å². The van der Waals surface area contributed by atoms with E-state index in [1.165, 1.54) is 0 Å². The van der Waals surface area contributed by atoms with Gasteiger partial charge in [0.2, 0.25) is 0 Å². The molecule has 2 aromatic rings. The second-order valence-corrected chi connectivity index (χ2v) is 31.5. The summed E-state index contributed by atoms with van der Waals surface area (Å²) in [4.78, 5) is 91.5. The van der Waals surface area contributed by atoms with Crippen molar-refractivity contribution in [3.05, 3.63) is 70.8 Å². The summed E-state index contributed by atoms with van der Waals surface area (Å²) in [6.07, 6.45) is 15.7. The van der Waals surface area contributed by atoms with Crippen molar-refractivity contribution in [1.29, 1.82) is 0 Å². The number of hydrogen-bond donors (Lipinski definition) is 3. The number of esters is 1. The lowest BCUT2D eigenvalue weighted by atomic mass is 9.69. The Kier molecular flexibility index (Phi) is 22.9. The zero-order valence-electron chi connectivity index (χ0n) is 54.3. The minimum atomic E-state index is -0.944. The fraction of sp³-hybridized carbons (Fsp3) is 0.710. The highest BCUT2D eigenvalue weighted by Gasteiger charge is 2.56. The number of halogens is 2. The molecule has 472 valence electrons. The Morgan fingerprint density at radius 3 is 1.18 bits per heavy atom. The summed E-state index contributed by atoms with van der Waals surface area (Å²) < 4.78 is 5.34. The Balaban J connectivity index is 0.000000261. The van der Waals surface area contributed by atoms with Crippen molar-refractivity contribution in [2.45, 2.75) is 248 Å². The van der Waals surface area contributed by atoms with E-state index in [4.69, 9.17) is 43.0 Å². The summed E-state index contributed by atoms with van der Waals surface area (Å²) >= 11 is 9.53. The van der Waals surface area contributed by atoms with Crippen molar-refractivity contribution in [2.24, 2.45) is 55.3 Å². The largest absolute Gasteiger partial charge is 0.481 e. The fourth-order valence-corrected chi connectivity index (χ4v) is 12.9. The first kappa shape index (κ1) is 69.3. The van der Waals surface area contributed by atoms with Crippen LogP contribution in [0.1, 0.15) is 263 Å². The van der Waals surface area contributed by atoms with Crippen molar-refractivity contribution in [3.63, 3.8) is 0 Å². The van der Waals surface area contributed by atoms with E-state index in [1.807, 2.05) is 57.2 Å². The molecule has 0 unspecified atom stereocenters. The number of benzene rings is 2. The lowest BCUT2D eigenvalue weighted by molar-refractivity contribution is -0.154. The van der Waals surface area contributed by atoms with Crippen molar-refractivity contribution in [1.82, 2.24) is 20.4 Å². The van der Waals surface area contributed by atoms with Crippen molar-refractivity contribution in [2.75, 3.05) is 18.4 Å². The van der Waals surface area contributed by atoms with Crippen molar-refractivity contribution in [3.8, 4) is 0 Å². The molecule has 8 rings (SSSR count). The molecule has 16 heteroatoms. The smallest absolute Gasteiger partial charge is 0.308 e. The van der Waals surface area contributed by atoms with E-state index in [0.717, 1.165) is 125 Å². The number of nitrogens with zero attached hydrogens (tertiary/aromatic N) is 4. The molecular weight excluding hydrogens is 1110 g/mol. The Labute approximate surface area is 519 Å². The SMILES string of the molecule is CC(C)(C)CC[C@H](c1ccc(C(=O)NCCC(=O)O)cc1)N1C(=O)C(C2CC2)=NC12CCC(C(C)(C)C)CC2.CC(C)(C)CC[C@H](c1ccc(C(=O)NCCC(=O)OC(C)(C)C)cc1)N1C(=O)C(C2CC2)=NC12CCC(C(C)(C)C)CC2.ClCCl. The quantitative estimate of drug-likeness (QED) is 0.0971. The number of carbonyl (C=O) groups excluding carboxylic acids is 5. The minimum Gasteiger partial charge on any atom is -0.481 e. The van der Waals surface area contributed by atoms with E-state index in [-0.39, 0.29) is 94.6 Å². The molecule has 0 radical (unpaired) electrons. The molecule has 14 nitrogen and oxygen atoms in total. The number of carboxylic acid groups (broad SMARTS) is 1. The van der Waals surface area contributed by atoms with Gasteiger partial charge < -0.3 is 30.3 Å². The van der Waals surface area contributed by atoms with Gasteiger partial charge in [-0.25, -0.2) is 0 Å². The van der Waals surface area contributed by atoms with Crippen LogP contribution in [0, 0.1) is 45.3 Å². The van der Waals surface area contributed by atoms with Crippen molar-refractivity contribution < 1.29 is 38.6 Å². The highest BCUT2D eigenvalue weighted by atomic mass is 35.5. The van der Waals surface area contributed by atoms with Crippen molar-refractivity contribution >= 4 is 70.2 Å². The molecule has 4 saturated carbocycles. The third-order valence-corrected chi connectivity index (χ3v) is 18.1. The average molecular weight is 1220 g/mol. The van der Waals surface area contributed by atoms with E-state index >= 15 is 0 Å². The topological polar surface area (TPSA) is 187 Å². The summed E-state index contributed by atoms with van der Waals surface area (Å²) in [6, 6.07) is 15.0. The summed E-state index contributed by atoms with van der Waals surface area (Å²) in [5.74, 6) is 0.297. The molecule has 4 fully saturated rings. The van der Waals surface area contributed by atoms with Gasteiger partial charge in [0.05, 0.1) is 30.3 Å². The van der Waals surface area contributed by atoms with Crippen LogP contribution < -0.4 is 10.6 Å². The van der Waals surface area contributed by atoms with E-state index in [2.05, 4.69) is 104 Å². The third kappa shape index (κ3) is 19.3. The number of carbonyl (C=O) groups is 6. The molecule has 2 aromatic carbocycles. The first-order valence-corrected chi connectivity index (χ1v) is 32.8. The first-order chi connectivity index (χ1) is 39.5. The number of nitrogens with one attached hydrogen (secondary N) is 2. The number of carboxylic acids is 1. The van der Waals surface area contributed by atoms with Gasteiger partial charge >= 0.3 is 11.9 Å². The normalized spacial score (nSPS) is 23.5. The van der Waals surface area contributed by atoms with Crippen LogP contribution in [0.5, 0.6) is 0 Å². The van der Waals surface area contributed by atoms with Gasteiger partial charge in [0.25, 0.3) is 23.6 Å². The number of aliphatic carboxylic acids is 1. The van der Waals surface area contributed by atoms with E-state index in [9.17, 15) is 28.8 Å². The van der Waals surface area contributed by atoms with Gasteiger partial charge in [-0.15, -0.1) is 23.2 Å². The molecule has 4 aliphatic carbocycles. The van der Waals surface area contributed by atoms with Gasteiger partial charge in [-0.3, -0.25) is 38.8 Å². The van der Waals surface area contributed by atoms with Crippen LogP contribution in [-0.4, -0.2) is 97.3 Å². The Morgan fingerprint density at radius 2 is 0.894 bits per heavy atom. The Hall–Kier alpha value is -4.82. The number of amides is 4. The Bertz CT molecular complexity index is 2700. The van der Waals surface area contributed by atoms with Gasteiger partial charge in [-0.2, -0.15) is 0 Å². The predicted molar refractivity (Wildman–Crippen MR) is 342 cm³/mol. The van der Waals surface area contributed by atoms with Gasteiger partial charge in [0.1, 0.15) is 28.4 Å². The van der Waals surface area contributed by atoms with Gasteiger partial charge in [0, 0.05) is 36.1 Å². The first-order valence-electron chi connectivity index (χ1n) is 31.7. The Morgan fingerprint density at radius 1 is 0.565 bits per heavy atom. The maximum atomic E-state index is 14.2. The highest BCUT2D eigenvalue weighted by Crippen LogP contribution is 2.54. The van der Waals surface area contributed by atoms with E-state index in [1.54, 1.807) is 12.1 Å². The molecular formula is C69H104Cl2N6O8. The zero-order valence-corrected chi connectivity index (χ0v) is 55.8. The number of rotatable bonds is 18. The highest BCUT2D eigenvalue weighted by molar-refractivity contribution is 6.42. The second kappa shape index (κ2) is 28.1. The fourth-order valence-electron chi connectivity index (χ4n) is 12.9. The maximum Gasteiger partial charge on any atom is 0.308 e. The maximum absolute atomic E-state index is 14.2. The van der Waals surface area contributed by atoms with Crippen LogP contribution in [0.4, 0.5) is 0 Å². The number of hydrogen-bond acceptors (Lipinski definition) is 9. The standard InChI is InChI=1S/C36H55N3O4.C32H47N3O4.CH2Cl2/c1-33(2,3)20-18-28(24-10-14-26(15-11-24)31(41)37-23-19-29(40)43-35(7,8)9)39-32(42)30(25-12-13-25)38-36(39)21-16-27(17-22-36)34(4,5)6;1-30(2,3)17-15-25(21-7-11-23(12-8-21)28(38)33-20-16-26(36)37)35-29(39)27(22-9-10-22)34-32(35)18-13-24(14-19-32)31(4,5)6;2-1-3/h10-11,14-15,25,27-28H,12-13,16-23H2,1-9H3,(H,37,41);7-8,11-12,22,24-25H,9-10,13-20H2,1-6H3,(H,33,38)(H,36,37);1H2/t27?,28-,36?;24?,25-,32?;/m11./s1. The summed E-state index contributed by atoms with van der Waals surface area (Å²) in [6.45, 7) is 33.2. The molecule has 0 saturated heterocycles. The van der Waals surface area contributed by atoms with Gasteiger partial charge in [0.15, 0.2) is 0 Å². The molecule has 6 aliphatic rings. The lowest BCUT2D eigenvalue weighted by Gasteiger charge is -2.48.